The molecule has 1 unspecified atom stereocenters. The molecular formula is C13H20BrNS. The van der Waals surface area contributed by atoms with Gasteiger partial charge in [-0.15, -0.1) is 11.8 Å². The van der Waals surface area contributed by atoms with Gasteiger partial charge in [-0.2, -0.15) is 0 Å². The molecule has 0 spiro atoms. The van der Waals surface area contributed by atoms with E-state index in [0.29, 0.717) is 5.25 Å². The smallest absolute Gasteiger partial charge is 0.0216 e. The lowest BCUT2D eigenvalue weighted by Gasteiger charge is -2.13. The molecule has 16 heavy (non-hydrogen) atoms. The molecule has 1 atom stereocenters. The average molecular weight is 302 g/mol. The van der Waals surface area contributed by atoms with Crippen LogP contribution in [0.15, 0.2) is 27.6 Å². The van der Waals surface area contributed by atoms with Gasteiger partial charge in [0.05, 0.1) is 0 Å². The van der Waals surface area contributed by atoms with Crippen molar-refractivity contribution in [1.82, 2.24) is 5.32 Å². The van der Waals surface area contributed by atoms with Crippen molar-refractivity contribution in [3.05, 3.63) is 28.2 Å². The maximum Gasteiger partial charge on any atom is 0.0216 e. The Morgan fingerprint density at radius 1 is 1.38 bits per heavy atom. The molecule has 0 radical (unpaired) electrons. The number of thioether (sulfide) groups is 1. The first-order valence-corrected chi connectivity index (χ1v) is 7.50. The Balaban J connectivity index is 2.80. The van der Waals surface area contributed by atoms with Crippen LogP contribution in [0, 0.1) is 0 Å². The van der Waals surface area contributed by atoms with E-state index < -0.39 is 0 Å². The number of halogens is 1. The fourth-order valence-corrected chi connectivity index (χ4v) is 2.80. The van der Waals surface area contributed by atoms with Crippen LogP contribution in [0.4, 0.5) is 0 Å². The van der Waals surface area contributed by atoms with Gasteiger partial charge in [-0.25, -0.2) is 0 Å². The minimum absolute atomic E-state index is 0.682. The summed E-state index contributed by atoms with van der Waals surface area (Å²) in [5.41, 5.74) is 1.39. The van der Waals surface area contributed by atoms with E-state index >= 15 is 0 Å². The Labute approximate surface area is 112 Å². The zero-order chi connectivity index (χ0) is 12.0. The molecule has 3 heteroatoms. The van der Waals surface area contributed by atoms with Gasteiger partial charge in [0.25, 0.3) is 0 Å². The van der Waals surface area contributed by atoms with Gasteiger partial charge in [0.2, 0.25) is 0 Å². The zero-order valence-corrected chi connectivity index (χ0v) is 12.6. The summed E-state index contributed by atoms with van der Waals surface area (Å²) in [4.78, 5) is 1.40. The summed E-state index contributed by atoms with van der Waals surface area (Å²) in [5, 5.41) is 4.07. The fraction of sp³-hybridized carbons (Fsp3) is 0.538. The van der Waals surface area contributed by atoms with Crippen molar-refractivity contribution in [2.75, 3.05) is 6.54 Å². The van der Waals surface area contributed by atoms with Crippen molar-refractivity contribution in [1.29, 1.82) is 0 Å². The lowest BCUT2D eigenvalue weighted by Crippen LogP contribution is -2.12. The number of hydrogen-bond acceptors (Lipinski definition) is 2. The predicted octanol–water partition coefficient (Wildman–Crippen LogP) is 4.45. The molecule has 0 amide bonds. The van der Waals surface area contributed by atoms with E-state index in [1.165, 1.54) is 16.9 Å². The van der Waals surface area contributed by atoms with Crippen molar-refractivity contribution >= 4 is 27.7 Å². The molecule has 0 heterocycles. The third-order valence-corrected chi connectivity index (χ3v) is 4.37. The fourth-order valence-electron chi connectivity index (χ4n) is 1.36. The highest BCUT2D eigenvalue weighted by atomic mass is 79.9. The third kappa shape index (κ3) is 4.48. The van der Waals surface area contributed by atoms with Gasteiger partial charge in [-0.3, -0.25) is 0 Å². The largest absolute Gasteiger partial charge is 0.313 e. The van der Waals surface area contributed by atoms with Crippen molar-refractivity contribution in [2.24, 2.45) is 0 Å². The average Bonchev–Trinajstić information content (AvgIpc) is 2.29. The van der Waals surface area contributed by atoms with E-state index in [1.54, 1.807) is 0 Å². The molecule has 1 aromatic rings. The lowest BCUT2D eigenvalue weighted by molar-refractivity contribution is 0.717. The molecule has 0 aliphatic rings. The van der Waals surface area contributed by atoms with E-state index in [1.807, 2.05) is 11.8 Å². The summed E-state index contributed by atoms with van der Waals surface area (Å²) in [5.74, 6) is 0. The van der Waals surface area contributed by atoms with Crippen LogP contribution in [0.2, 0.25) is 0 Å². The Bertz CT molecular complexity index is 328. The standard InChI is InChI=1S/C13H20BrNS/c1-4-10(3)16-13-7-6-12(14)8-11(13)9-15-5-2/h6-8,10,15H,4-5,9H2,1-3H3. The van der Waals surface area contributed by atoms with Crippen molar-refractivity contribution in [3.8, 4) is 0 Å². The second-order valence-electron chi connectivity index (χ2n) is 3.87. The minimum Gasteiger partial charge on any atom is -0.313 e. The van der Waals surface area contributed by atoms with Gasteiger partial charge >= 0.3 is 0 Å². The molecule has 1 rings (SSSR count). The molecule has 0 bridgehead atoms. The maximum absolute atomic E-state index is 3.53. The van der Waals surface area contributed by atoms with Gasteiger partial charge in [0.1, 0.15) is 0 Å². The summed E-state index contributed by atoms with van der Waals surface area (Å²) in [6.45, 7) is 8.62. The first-order valence-electron chi connectivity index (χ1n) is 5.83. The summed E-state index contributed by atoms with van der Waals surface area (Å²) in [6, 6.07) is 6.56. The van der Waals surface area contributed by atoms with E-state index in [0.717, 1.165) is 17.6 Å². The molecule has 0 saturated heterocycles. The molecule has 1 N–H and O–H groups in total. The minimum atomic E-state index is 0.682. The van der Waals surface area contributed by atoms with Gasteiger partial charge in [0, 0.05) is 21.2 Å². The normalized spacial score (nSPS) is 12.8. The van der Waals surface area contributed by atoms with Crippen LogP contribution in [0.3, 0.4) is 0 Å². The molecule has 0 saturated carbocycles. The van der Waals surface area contributed by atoms with Crippen LogP contribution in [-0.4, -0.2) is 11.8 Å². The second-order valence-corrected chi connectivity index (χ2v) is 6.27. The number of nitrogens with one attached hydrogen (secondary N) is 1. The van der Waals surface area contributed by atoms with Crippen LogP contribution >= 0.6 is 27.7 Å². The van der Waals surface area contributed by atoms with Crippen LogP contribution in [0.1, 0.15) is 32.8 Å². The molecule has 0 aliphatic heterocycles. The van der Waals surface area contributed by atoms with Gasteiger partial charge < -0.3 is 5.32 Å². The Hall–Kier alpha value is 0.01000. The van der Waals surface area contributed by atoms with Crippen LogP contribution in [0.5, 0.6) is 0 Å². The zero-order valence-electron chi connectivity index (χ0n) is 10.2. The van der Waals surface area contributed by atoms with Crippen LogP contribution < -0.4 is 5.32 Å². The van der Waals surface area contributed by atoms with Crippen molar-refractivity contribution < 1.29 is 0 Å². The highest BCUT2D eigenvalue weighted by Crippen LogP contribution is 2.30. The Morgan fingerprint density at radius 3 is 2.75 bits per heavy atom. The number of hydrogen-bond donors (Lipinski definition) is 1. The summed E-state index contributed by atoms with van der Waals surface area (Å²) in [6.07, 6.45) is 1.21. The van der Waals surface area contributed by atoms with Gasteiger partial charge in [-0.05, 0) is 36.7 Å². The van der Waals surface area contributed by atoms with E-state index in [2.05, 4.69) is 60.2 Å². The lowest BCUT2D eigenvalue weighted by atomic mass is 10.2. The summed E-state index contributed by atoms with van der Waals surface area (Å²) >= 11 is 5.50. The topological polar surface area (TPSA) is 12.0 Å². The number of benzene rings is 1. The Morgan fingerprint density at radius 2 is 2.12 bits per heavy atom. The summed E-state index contributed by atoms with van der Waals surface area (Å²) in [7, 11) is 0. The quantitative estimate of drug-likeness (QED) is 0.779. The SMILES string of the molecule is CCNCc1cc(Br)ccc1SC(C)CC. The predicted molar refractivity (Wildman–Crippen MR) is 77.1 cm³/mol. The highest BCUT2D eigenvalue weighted by Gasteiger charge is 2.07. The van der Waals surface area contributed by atoms with Crippen LogP contribution in [0.25, 0.3) is 0 Å². The molecule has 1 aromatic carbocycles. The van der Waals surface area contributed by atoms with E-state index in [9.17, 15) is 0 Å². The molecule has 90 valence electrons. The monoisotopic (exact) mass is 301 g/mol. The molecular weight excluding hydrogens is 282 g/mol. The molecule has 1 nitrogen and oxygen atoms in total. The highest BCUT2D eigenvalue weighted by molar-refractivity contribution is 9.10. The first kappa shape index (κ1) is 14.1. The molecule has 0 aliphatic carbocycles. The van der Waals surface area contributed by atoms with E-state index in [4.69, 9.17) is 0 Å². The Kier molecular flexibility index (Phi) is 6.47. The third-order valence-electron chi connectivity index (χ3n) is 2.49. The molecule has 0 fully saturated rings. The second kappa shape index (κ2) is 7.36. The first-order chi connectivity index (χ1) is 7.67. The number of rotatable bonds is 6. The van der Waals surface area contributed by atoms with Crippen molar-refractivity contribution in [2.45, 2.75) is 43.9 Å². The van der Waals surface area contributed by atoms with Crippen LogP contribution in [-0.2, 0) is 6.54 Å². The van der Waals surface area contributed by atoms with E-state index in [-0.39, 0.29) is 0 Å². The van der Waals surface area contributed by atoms with Gasteiger partial charge in [0.15, 0.2) is 0 Å². The maximum atomic E-state index is 3.53. The summed E-state index contributed by atoms with van der Waals surface area (Å²) < 4.78 is 1.16. The van der Waals surface area contributed by atoms with Gasteiger partial charge in [-0.1, -0.05) is 36.7 Å². The van der Waals surface area contributed by atoms with Crippen molar-refractivity contribution in [3.63, 3.8) is 0 Å². The molecule has 0 aromatic heterocycles.